The van der Waals surface area contributed by atoms with E-state index in [1.807, 2.05) is 10.8 Å². The van der Waals surface area contributed by atoms with Crippen molar-refractivity contribution in [3.8, 4) is 11.4 Å². The van der Waals surface area contributed by atoms with Crippen LogP contribution in [0.4, 0.5) is 13.2 Å². The quantitative estimate of drug-likeness (QED) is 0.401. The molecule has 1 saturated carbocycles. The van der Waals surface area contributed by atoms with Crippen LogP contribution in [0.15, 0.2) is 78.0 Å². The van der Waals surface area contributed by atoms with E-state index < -0.39 is 32.4 Å². The SMILES string of the molecule is COc1ccc(C2(C(F)(F)F)CC2)cc1S(=O)(=O)NC(=O)c1ccc2c(-n3cccn3)cccc2c1. The molecule has 0 atom stereocenters. The molecule has 0 radical (unpaired) electrons. The third-order valence-electron chi connectivity index (χ3n) is 6.40. The molecule has 0 spiro atoms. The summed E-state index contributed by atoms with van der Waals surface area (Å²) in [5.41, 5.74) is -1.43. The number of carbonyl (C=O) groups excluding carboxylic acids is 1. The third kappa shape index (κ3) is 3.98. The fraction of sp³-hybridized carbons (Fsp3) is 0.200. The lowest BCUT2D eigenvalue weighted by Gasteiger charge is -2.21. The zero-order chi connectivity index (χ0) is 25.7. The standard InChI is InChI=1S/C25H20F3N3O4S/c1-35-21-9-7-18(24(10-11-24)25(26,27)28)15-22(21)36(33,34)30-23(32)17-6-8-19-16(14-17)4-2-5-20(19)31-13-3-12-29-31/h2-9,12-15H,10-11H2,1H3,(H,30,32). The maximum Gasteiger partial charge on any atom is 0.398 e. The van der Waals surface area contributed by atoms with E-state index in [2.05, 4.69) is 5.10 Å². The van der Waals surface area contributed by atoms with Crippen LogP contribution in [0.2, 0.25) is 0 Å². The van der Waals surface area contributed by atoms with Crippen molar-refractivity contribution in [2.75, 3.05) is 7.11 Å². The molecule has 1 heterocycles. The number of nitrogens with one attached hydrogen (secondary N) is 1. The fourth-order valence-corrected chi connectivity index (χ4v) is 5.47. The first kappa shape index (κ1) is 23.9. The van der Waals surface area contributed by atoms with Gasteiger partial charge >= 0.3 is 6.18 Å². The Kier molecular flexibility index (Phi) is 5.55. The number of halogens is 3. The molecule has 7 nitrogen and oxygen atoms in total. The zero-order valence-electron chi connectivity index (χ0n) is 18.9. The first-order valence-corrected chi connectivity index (χ1v) is 12.4. The summed E-state index contributed by atoms with van der Waals surface area (Å²) in [5, 5.41) is 5.68. The largest absolute Gasteiger partial charge is 0.495 e. The van der Waals surface area contributed by atoms with Crippen LogP contribution in [-0.4, -0.2) is 37.4 Å². The van der Waals surface area contributed by atoms with E-state index in [0.29, 0.717) is 5.39 Å². The minimum Gasteiger partial charge on any atom is -0.495 e. The van der Waals surface area contributed by atoms with Crippen LogP contribution in [0.1, 0.15) is 28.8 Å². The second-order valence-electron chi connectivity index (χ2n) is 8.54. The van der Waals surface area contributed by atoms with E-state index in [-0.39, 0.29) is 29.7 Å². The van der Waals surface area contributed by atoms with Gasteiger partial charge in [-0.25, -0.2) is 17.8 Å². The van der Waals surface area contributed by atoms with Crippen molar-refractivity contribution in [2.45, 2.75) is 29.3 Å². The lowest BCUT2D eigenvalue weighted by atomic mass is 9.95. The van der Waals surface area contributed by atoms with Crippen molar-refractivity contribution < 1.29 is 31.1 Å². The molecular formula is C25H20F3N3O4S. The number of carbonyl (C=O) groups is 1. The van der Waals surface area contributed by atoms with Gasteiger partial charge in [0.2, 0.25) is 0 Å². The van der Waals surface area contributed by atoms with Gasteiger partial charge in [0.05, 0.1) is 18.2 Å². The number of sulfonamides is 1. The molecular weight excluding hydrogens is 495 g/mol. The van der Waals surface area contributed by atoms with Crippen LogP contribution in [-0.2, 0) is 15.4 Å². The lowest BCUT2D eigenvalue weighted by molar-refractivity contribution is -0.160. The Bertz CT molecular complexity index is 1580. The summed E-state index contributed by atoms with van der Waals surface area (Å²) in [4.78, 5) is 12.4. The number of hydrogen-bond donors (Lipinski definition) is 1. The molecule has 3 aromatic carbocycles. The molecule has 1 fully saturated rings. The Morgan fingerprint density at radius 1 is 1.08 bits per heavy atom. The number of methoxy groups -OCH3 is 1. The molecule has 0 bridgehead atoms. The summed E-state index contributed by atoms with van der Waals surface area (Å²) >= 11 is 0. The molecule has 0 aliphatic heterocycles. The average molecular weight is 516 g/mol. The number of alkyl halides is 3. The van der Waals surface area contributed by atoms with E-state index >= 15 is 0 Å². The summed E-state index contributed by atoms with van der Waals surface area (Å²) in [6, 6.07) is 15.2. The first-order valence-electron chi connectivity index (χ1n) is 10.9. The minimum absolute atomic E-state index is 0.0627. The first-order chi connectivity index (χ1) is 17.1. The smallest absolute Gasteiger partial charge is 0.398 e. The van der Waals surface area contributed by atoms with Crippen molar-refractivity contribution >= 4 is 26.7 Å². The Morgan fingerprint density at radius 2 is 1.86 bits per heavy atom. The van der Waals surface area contributed by atoms with Crippen molar-refractivity contribution in [1.29, 1.82) is 0 Å². The minimum atomic E-state index is -4.55. The van der Waals surface area contributed by atoms with E-state index in [4.69, 9.17) is 4.74 Å². The highest BCUT2D eigenvalue weighted by Gasteiger charge is 2.64. The molecule has 5 rings (SSSR count). The number of amides is 1. The second-order valence-corrected chi connectivity index (χ2v) is 10.2. The highest BCUT2D eigenvalue weighted by molar-refractivity contribution is 7.90. The Labute approximate surface area is 204 Å². The highest BCUT2D eigenvalue weighted by atomic mass is 32.2. The van der Waals surface area contributed by atoms with Crippen molar-refractivity contribution in [1.82, 2.24) is 14.5 Å². The Morgan fingerprint density at radius 3 is 2.50 bits per heavy atom. The maximum absolute atomic E-state index is 13.6. The zero-order valence-corrected chi connectivity index (χ0v) is 19.7. The summed E-state index contributed by atoms with van der Waals surface area (Å²) in [5.74, 6) is -1.09. The predicted molar refractivity (Wildman–Crippen MR) is 126 cm³/mol. The Balaban J connectivity index is 1.47. The van der Waals surface area contributed by atoms with E-state index in [9.17, 15) is 26.4 Å². The fourth-order valence-electron chi connectivity index (χ4n) is 4.30. The molecule has 4 aromatic rings. The molecule has 1 amide bonds. The number of nitrogens with zero attached hydrogens (tertiary/aromatic N) is 2. The van der Waals surface area contributed by atoms with Crippen LogP contribution >= 0.6 is 0 Å². The number of ether oxygens (including phenoxy) is 1. The van der Waals surface area contributed by atoms with E-state index in [1.54, 1.807) is 41.3 Å². The second kappa shape index (κ2) is 8.37. The Hall–Kier alpha value is -3.86. The molecule has 36 heavy (non-hydrogen) atoms. The van der Waals surface area contributed by atoms with Gasteiger partial charge in [-0.3, -0.25) is 4.79 Å². The lowest BCUT2D eigenvalue weighted by Crippen LogP contribution is -2.32. The van der Waals surface area contributed by atoms with Crippen LogP contribution in [0.25, 0.3) is 16.5 Å². The van der Waals surface area contributed by atoms with Gasteiger partial charge in [-0.05, 0) is 60.2 Å². The number of benzene rings is 3. The van der Waals surface area contributed by atoms with E-state index in [0.717, 1.165) is 17.1 Å². The number of rotatable bonds is 6. The summed E-state index contributed by atoms with van der Waals surface area (Å²) in [7, 11) is -3.35. The van der Waals surface area contributed by atoms with Gasteiger partial charge < -0.3 is 4.74 Å². The molecule has 1 aliphatic carbocycles. The van der Waals surface area contributed by atoms with Gasteiger partial charge in [0, 0.05) is 23.3 Å². The van der Waals surface area contributed by atoms with Gasteiger partial charge in [-0.15, -0.1) is 0 Å². The monoisotopic (exact) mass is 515 g/mol. The van der Waals surface area contributed by atoms with Crippen LogP contribution < -0.4 is 9.46 Å². The molecule has 186 valence electrons. The van der Waals surface area contributed by atoms with Crippen LogP contribution in [0.5, 0.6) is 5.75 Å². The summed E-state index contributed by atoms with van der Waals surface area (Å²) < 4.78 is 75.8. The third-order valence-corrected chi connectivity index (χ3v) is 7.75. The van der Waals surface area contributed by atoms with E-state index in [1.165, 1.54) is 31.4 Å². The number of hydrogen-bond acceptors (Lipinski definition) is 5. The number of fused-ring (bicyclic) bond motifs is 1. The molecule has 1 aromatic heterocycles. The predicted octanol–water partition coefficient (Wildman–Crippen LogP) is 4.75. The van der Waals surface area contributed by atoms with Crippen LogP contribution in [0, 0.1) is 0 Å². The van der Waals surface area contributed by atoms with Gasteiger partial charge in [-0.2, -0.15) is 18.3 Å². The van der Waals surface area contributed by atoms with Crippen molar-refractivity contribution in [3.05, 3.63) is 84.2 Å². The molecule has 1 aliphatic rings. The van der Waals surface area contributed by atoms with Gasteiger partial charge in [0.15, 0.2) is 0 Å². The highest BCUT2D eigenvalue weighted by Crippen LogP contribution is 2.59. The van der Waals surface area contributed by atoms with Crippen molar-refractivity contribution in [3.63, 3.8) is 0 Å². The molecule has 11 heteroatoms. The summed E-state index contributed by atoms with van der Waals surface area (Å²) in [6.45, 7) is 0. The average Bonchev–Trinajstić information content (AvgIpc) is 3.51. The number of aromatic nitrogens is 2. The summed E-state index contributed by atoms with van der Waals surface area (Å²) in [6.07, 6.45) is -1.38. The van der Waals surface area contributed by atoms with Gasteiger partial charge in [0.25, 0.3) is 15.9 Å². The van der Waals surface area contributed by atoms with Crippen LogP contribution in [0.3, 0.4) is 0 Å². The maximum atomic E-state index is 13.6. The molecule has 1 N–H and O–H groups in total. The van der Waals surface area contributed by atoms with Crippen molar-refractivity contribution in [2.24, 2.45) is 0 Å². The molecule has 0 saturated heterocycles. The normalized spacial score (nSPS) is 15.0. The topological polar surface area (TPSA) is 90.3 Å². The van der Waals surface area contributed by atoms with Gasteiger partial charge in [0.1, 0.15) is 10.6 Å². The van der Waals surface area contributed by atoms with Gasteiger partial charge in [-0.1, -0.05) is 24.3 Å². The molecule has 0 unspecified atom stereocenters.